The van der Waals surface area contributed by atoms with Crippen molar-refractivity contribution in [1.29, 1.82) is 0 Å². The molecule has 0 N–H and O–H groups in total. The predicted molar refractivity (Wildman–Crippen MR) is 62.2 cm³/mol. The summed E-state index contributed by atoms with van der Waals surface area (Å²) >= 11 is 0. The summed E-state index contributed by atoms with van der Waals surface area (Å²) in [6.45, 7) is 0. The van der Waals surface area contributed by atoms with Crippen LogP contribution in [0, 0.1) is 0 Å². The van der Waals surface area contributed by atoms with Crippen molar-refractivity contribution in [2.24, 2.45) is 0 Å². The van der Waals surface area contributed by atoms with E-state index in [1.807, 2.05) is 0 Å². The minimum atomic E-state index is -4.90. The van der Waals surface area contributed by atoms with Crippen molar-refractivity contribution in [1.82, 2.24) is 0 Å². The zero-order chi connectivity index (χ0) is 16.7. The first-order chi connectivity index (χ1) is 10.1. The first-order valence-electron chi connectivity index (χ1n) is 6.94. The Morgan fingerprint density at radius 2 is 1.56 bits per heavy atom. The van der Waals surface area contributed by atoms with E-state index < -0.39 is 28.5 Å². The molecule has 0 heterocycles. The van der Waals surface area contributed by atoms with E-state index in [0.717, 1.165) is 12.1 Å². The van der Waals surface area contributed by atoms with Gasteiger partial charge >= 0.3 is 29.6 Å². The minimum absolute atomic E-state index is 0. The van der Waals surface area contributed by atoms with Crippen molar-refractivity contribution in [3.05, 3.63) is 54.5 Å². The molecular formula is C12H9NaO4S. The molecule has 0 bridgehead atoms. The quantitative estimate of drug-likeness (QED) is 0.418. The molecule has 0 atom stereocenters. The molecule has 0 aliphatic rings. The Hall–Kier alpha value is -0.850. The number of benzene rings is 2. The molecule has 0 aliphatic heterocycles. The molecule has 0 saturated heterocycles. The van der Waals surface area contributed by atoms with Gasteiger partial charge in [0.2, 0.25) is 0 Å². The third-order valence-corrected chi connectivity index (χ3v) is 2.24. The van der Waals surface area contributed by atoms with Crippen LogP contribution in [0.15, 0.2) is 54.5 Å². The fourth-order valence-electron chi connectivity index (χ4n) is 1.19. The van der Waals surface area contributed by atoms with E-state index in [1.54, 1.807) is 0 Å². The Balaban J connectivity index is 0.00000264. The van der Waals surface area contributed by atoms with Gasteiger partial charge in [-0.3, -0.25) is 0 Å². The number of hydrogen-bond donors (Lipinski definition) is 0. The Morgan fingerprint density at radius 3 is 2.06 bits per heavy atom. The maximum atomic E-state index is 10.5. The molecule has 18 heavy (non-hydrogen) atoms. The van der Waals surface area contributed by atoms with Crippen molar-refractivity contribution in [2.75, 3.05) is 0 Å². The summed E-state index contributed by atoms with van der Waals surface area (Å²) in [5.41, 5.74) is 0.246. The van der Waals surface area contributed by atoms with Crippen LogP contribution in [-0.2, 0) is 10.4 Å². The summed E-state index contributed by atoms with van der Waals surface area (Å²) in [6.07, 6.45) is 0. The second-order valence-electron chi connectivity index (χ2n) is 3.02. The van der Waals surface area contributed by atoms with E-state index >= 15 is 0 Å². The van der Waals surface area contributed by atoms with Gasteiger partial charge in [-0.1, -0.05) is 42.3 Å². The molecule has 88 valence electrons. The van der Waals surface area contributed by atoms with Crippen LogP contribution in [-0.4, -0.2) is 13.0 Å². The Bertz CT molecular complexity index is 811. The van der Waals surface area contributed by atoms with Crippen LogP contribution in [0.2, 0.25) is 0 Å². The zero-order valence-electron chi connectivity index (χ0n) is 14.4. The van der Waals surface area contributed by atoms with Crippen LogP contribution >= 0.6 is 0 Å². The summed E-state index contributed by atoms with van der Waals surface area (Å²) in [4.78, 5) is 0. The molecule has 0 unspecified atom stereocenters. The van der Waals surface area contributed by atoms with Crippen molar-refractivity contribution in [2.45, 2.75) is 0 Å². The second kappa shape index (κ2) is 6.36. The summed E-state index contributed by atoms with van der Waals surface area (Å²) in [6, 6.07) is 2.71. The monoisotopic (exact) mass is 277 g/mol. The fraction of sp³-hybridized carbons (Fsp3) is 0. The van der Waals surface area contributed by atoms with E-state index in [2.05, 4.69) is 4.18 Å². The van der Waals surface area contributed by atoms with Gasteiger partial charge in [-0.15, -0.1) is 0 Å². The molecule has 2 aromatic carbocycles. The molecule has 0 spiro atoms. The third kappa shape index (κ3) is 4.44. The molecule has 0 saturated carbocycles. The van der Waals surface area contributed by atoms with Gasteiger partial charge in [0.1, 0.15) is 5.75 Å². The molecule has 6 heteroatoms. The van der Waals surface area contributed by atoms with Crippen molar-refractivity contribution >= 4 is 10.4 Å². The van der Waals surface area contributed by atoms with Crippen molar-refractivity contribution in [3.8, 4) is 16.9 Å². The van der Waals surface area contributed by atoms with Crippen LogP contribution in [0.4, 0.5) is 0 Å². The Morgan fingerprint density at radius 1 is 1.00 bits per heavy atom. The van der Waals surface area contributed by atoms with E-state index in [4.69, 9.17) is 6.85 Å². The van der Waals surface area contributed by atoms with Gasteiger partial charge in [-0.25, -0.2) is 8.42 Å². The number of hydrogen-bond acceptors (Lipinski definition) is 4. The molecule has 0 amide bonds. The average molecular weight is 277 g/mol. The summed E-state index contributed by atoms with van der Waals surface area (Å²) in [7, 11) is -4.90. The van der Waals surface area contributed by atoms with E-state index in [1.165, 1.54) is 12.1 Å². The normalized spacial score (nSPS) is 14.4. The largest absolute Gasteiger partial charge is 1.00 e. The van der Waals surface area contributed by atoms with Crippen molar-refractivity contribution in [3.63, 3.8) is 0 Å². The van der Waals surface area contributed by atoms with Gasteiger partial charge in [-0.2, -0.15) is 0 Å². The molecule has 4 nitrogen and oxygen atoms in total. The molecule has 2 aromatic rings. The van der Waals surface area contributed by atoms with E-state index in [-0.39, 0.29) is 58.5 Å². The molecule has 0 aromatic heterocycles. The zero-order valence-corrected chi connectivity index (χ0v) is 12.2. The fourth-order valence-corrected chi connectivity index (χ4v) is 1.54. The Kier molecular flexibility index (Phi) is 3.22. The molecular weight excluding hydrogens is 263 g/mol. The molecule has 0 fully saturated rings. The summed E-state index contributed by atoms with van der Waals surface area (Å²) < 4.78 is 73.9. The predicted octanol–water partition coefficient (Wildman–Crippen LogP) is -0.803. The van der Waals surface area contributed by atoms with Gasteiger partial charge < -0.3 is 8.74 Å². The van der Waals surface area contributed by atoms with Crippen molar-refractivity contribution < 1.29 is 53.6 Å². The Labute approximate surface area is 135 Å². The first kappa shape index (κ1) is 9.12. The third-order valence-electron chi connectivity index (χ3n) is 1.84. The summed E-state index contributed by atoms with van der Waals surface area (Å²) in [5.74, 6) is -0.230. The van der Waals surface area contributed by atoms with Gasteiger partial charge in [0, 0.05) is 0 Å². The number of rotatable bonds is 3. The molecule has 2 rings (SSSR count). The van der Waals surface area contributed by atoms with Crippen LogP contribution < -0.4 is 33.7 Å². The average Bonchev–Trinajstić information content (AvgIpc) is 2.43. The molecule has 0 aliphatic carbocycles. The van der Waals surface area contributed by atoms with Gasteiger partial charge in [0.25, 0.3) is 10.4 Å². The standard InChI is InChI=1S/C12H10O4S.Na/c13-17(14,15)16-12-8-6-11(7-9-12)10-4-2-1-3-5-10;/h1-9H,(H,13,14,15);/q;+1/p-1/i1D,2D,3D,4D,5D;. The van der Waals surface area contributed by atoms with Gasteiger partial charge in [0.15, 0.2) is 0 Å². The van der Waals surface area contributed by atoms with Gasteiger partial charge in [-0.05, 0) is 23.3 Å². The summed E-state index contributed by atoms with van der Waals surface area (Å²) in [5, 5.41) is 0. The second-order valence-corrected chi connectivity index (χ2v) is 4.00. The van der Waals surface area contributed by atoms with Crippen LogP contribution in [0.25, 0.3) is 11.1 Å². The smallest absolute Gasteiger partial charge is 0.716 e. The minimum Gasteiger partial charge on any atom is -0.716 e. The van der Waals surface area contributed by atoms with E-state index in [9.17, 15) is 13.0 Å². The van der Waals surface area contributed by atoms with Crippen LogP contribution in [0.3, 0.4) is 0 Å². The molecule has 0 radical (unpaired) electrons. The van der Waals surface area contributed by atoms with Crippen LogP contribution in [0.1, 0.15) is 6.85 Å². The topological polar surface area (TPSA) is 66.4 Å². The maximum Gasteiger partial charge on any atom is 1.00 e. The van der Waals surface area contributed by atoms with Gasteiger partial charge in [0.05, 0.1) is 6.85 Å². The van der Waals surface area contributed by atoms with E-state index in [0.29, 0.717) is 0 Å². The first-order valence-corrected chi connectivity index (χ1v) is 5.78. The maximum absolute atomic E-state index is 10.5. The SMILES string of the molecule is [2H]c1c([2H])c([2H])c(-c2ccc(OS(=O)(=O)[O-])cc2)c([2H])c1[2H].[Na+]. The van der Waals surface area contributed by atoms with Crippen LogP contribution in [0.5, 0.6) is 5.75 Å².